The number of ether oxygens (including phenoxy) is 1. The first-order valence-electron chi connectivity index (χ1n) is 8.68. The predicted octanol–water partition coefficient (Wildman–Crippen LogP) is 4.29. The van der Waals surface area contributed by atoms with Gasteiger partial charge in [-0.25, -0.2) is 9.97 Å². The normalized spacial score (nSPS) is 13.6. The van der Waals surface area contributed by atoms with E-state index < -0.39 is 0 Å². The van der Waals surface area contributed by atoms with Gasteiger partial charge in [-0.2, -0.15) is 0 Å². The molecule has 7 heteroatoms. The van der Waals surface area contributed by atoms with Crippen LogP contribution in [0.3, 0.4) is 0 Å². The van der Waals surface area contributed by atoms with E-state index in [2.05, 4.69) is 4.98 Å². The average Bonchev–Trinajstić information content (AvgIpc) is 3.07. The lowest BCUT2D eigenvalue weighted by molar-refractivity contribution is -0.140. The zero-order valence-electron chi connectivity index (χ0n) is 14.5. The highest BCUT2D eigenvalue weighted by molar-refractivity contribution is 7.99. The van der Waals surface area contributed by atoms with Crippen LogP contribution < -0.4 is 0 Å². The molecule has 26 heavy (non-hydrogen) atoms. The number of carbonyl (C=O) groups excluding carboxylic acids is 1. The van der Waals surface area contributed by atoms with Gasteiger partial charge in [0.2, 0.25) is 0 Å². The van der Waals surface area contributed by atoms with Crippen LogP contribution in [0.2, 0.25) is 0 Å². The number of hydrogen-bond donors (Lipinski definition) is 0. The molecule has 1 aliphatic rings. The lowest BCUT2D eigenvalue weighted by atomic mass is 9.97. The minimum atomic E-state index is -0.192. The lowest BCUT2D eigenvalue weighted by Gasteiger charge is -2.12. The number of hydrogen-bond acceptors (Lipinski definition) is 7. The largest absolute Gasteiger partial charge is 0.469 e. The molecular formula is C19H19N3O2S2. The van der Waals surface area contributed by atoms with Crippen molar-refractivity contribution in [2.45, 2.75) is 37.1 Å². The Labute approximate surface area is 160 Å². The monoisotopic (exact) mass is 385 g/mol. The number of thioether (sulfide) groups is 1. The minimum Gasteiger partial charge on any atom is -0.469 e. The smallest absolute Gasteiger partial charge is 0.306 e. The minimum absolute atomic E-state index is 0.192. The fourth-order valence-corrected chi connectivity index (χ4v) is 5.49. The number of carbonyl (C=O) groups is 1. The molecule has 0 amide bonds. The number of pyridine rings is 1. The molecule has 0 aromatic carbocycles. The maximum absolute atomic E-state index is 11.5. The van der Waals surface area contributed by atoms with E-state index in [-0.39, 0.29) is 5.97 Å². The molecule has 5 nitrogen and oxygen atoms in total. The Morgan fingerprint density at radius 2 is 2.19 bits per heavy atom. The summed E-state index contributed by atoms with van der Waals surface area (Å²) in [4.78, 5) is 27.8. The molecule has 1 aliphatic carbocycles. The van der Waals surface area contributed by atoms with Crippen molar-refractivity contribution in [3.05, 3.63) is 35.0 Å². The Bertz CT molecular complexity index is 941. The van der Waals surface area contributed by atoms with Gasteiger partial charge in [-0.3, -0.25) is 9.78 Å². The Morgan fingerprint density at radius 1 is 1.31 bits per heavy atom. The maximum atomic E-state index is 11.5. The van der Waals surface area contributed by atoms with E-state index in [4.69, 9.17) is 14.7 Å². The molecule has 0 bridgehead atoms. The summed E-state index contributed by atoms with van der Waals surface area (Å²) in [6, 6.07) is 3.87. The summed E-state index contributed by atoms with van der Waals surface area (Å²) in [7, 11) is 1.42. The number of rotatable bonds is 5. The van der Waals surface area contributed by atoms with Gasteiger partial charge in [0.05, 0.1) is 13.5 Å². The molecule has 0 unspecified atom stereocenters. The van der Waals surface area contributed by atoms with Gasteiger partial charge in [-0.05, 0) is 43.4 Å². The Balaban J connectivity index is 1.77. The second kappa shape index (κ2) is 7.72. The van der Waals surface area contributed by atoms with Crippen molar-refractivity contribution in [3.8, 4) is 11.4 Å². The van der Waals surface area contributed by atoms with E-state index in [0.717, 1.165) is 28.3 Å². The first-order chi connectivity index (χ1) is 12.8. The van der Waals surface area contributed by atoms with E-state index in [1.807, 2.05) is 12.1 Å². The number of aryl methyl sites for hydroxylation is 2. The molecule has 0 aliphatic heterocycles. The third-order valence-electron chi connectivity index (χ3n) is 4.47. The molecule has 0 N–H and O–H groups in total. The van der Waals surface area contributed by atoms with Gasteiger partial charge >= 0.3 is 5.97 Å². The maximum Gasteiger partial charge on any atom is 0.306 e. The van der Waals surface area contributed by atoms with Gasteiger partial charge in [0, 0.05) is 34.0 Å². The third kappa shape index (κ3) is 3.46. The summed E-state index contributed by atoms with van der Waals surface area (Å²) in [5.74, 6) is 1.16. The van der Waals surface area contributed by atoms with E-state index in [0.29, 0.717) is 18.0 Å². The fourth-order valence-electron chi connectivity index (χ4n) is 3.19. The Morgan fingerprint density at radius 3 is 3.00 bits per heavy atom. The summed E-state index contributed by atoms with van der Waals surface area (Å²) < 4.78 is 4.75. The van der Waals surface area contributed by atoms with Gasteiger partial charge in [-0.15, -0.1) is 23.1 Å². The van der Waals surface area contributed by atoms with Crippen molar-refractivity contribution >= 4 is 39.3 Å². The molecule has 4 rings (SSSR count). The van der Waals surface area contributed by atoms with Gasteiger partial charge < -0.3 is 4.74 Å². The van der Waals surface area contributed by atoms with Crippen LogP contribution in [0.5, 0.6) is 0 Å². The number of thiophene rings is 1. The van der Waals surface area contributed by atoms with Crippen molar-refractivity contribution in [2.24, 2.45) is 0 Å². The summed E-state index contributed by atoms with van der Waals surface area (Å²) in [5.41, 5.74) is 2.32. The highest BCUT2D eigenvalue weighted by Crippen LogP contribution is 2.40. The second-order valence-corrected chi connectivity index (χ2v) is 8.33. The first kappa shape index (κ1) is 17.4. The number of esters is 1. The second-order valence-electron chi connectivity index (χ2n) is 6.16. The molecule has 134 valence electrons. The number of methoxy groups -OCH3 is 1. The van der Waals surface area contributed by atoms with Crippen molar-refractivity contribution in [2.75, 3.05) is 12.9 Å². The predicted molar refractivity (Wildman–Crippen MR) is 105 cm³/mol. The molecule has 0 fully saturated rings. The van der Waals surface area contributed by atoms with Crippen LogP contribution in [0.4, 0.5) is 0 Å². The van der Waals surface area contributed by atoms with E-state index in [9.17, 15) is 4.79 Å². The zero-order chi connectivity index (χ0) is 17.9. The Hall–Kier alpha value is -1.99. The molecule has 0 radical (unpaired) electrons. The first-order valence-corrected chi connectivity index (χ1v) is 10.5. The van der Waals surface area contributed by atoms with Crippen LogP contribution in [0.15, 0.2) is 29.6 Å². The third-order valence-corrected chi connectivity index (χ3v) is 6.64. The summed E-state index contributed by atoms with van der Waals surface area (Å²) in [5, 5.41) is 2.16. The van der Waals surface area contributed by atoms with Gasteiger partial charge in [0.15, 0.2) is 5.82 Å². The SMILES string of the molecule is COC(=O)CCSc1nc(-c2cccnc2)nc2sc3c(c12)CCCC3. The van der Waals surface area contributed by atoms with Gasteiger partial charge in [0.25, 0.3) is 0 Å². The molecule has 0 saturated heterocycles. The Kier molecular flexibility index (Phi) is 5.17. The molecule has 0 atom stereocenters. The summed E-state index contributed by atoms with van der Waals surface area (Å²) in [6.07, 6.45) is 8.60. The van der Waals surface area contributed by atoms with Gasteiger partial charge in [0.1, 0.15) is 9.86 Å². The molecule has 3 aromatic rings. The van der Waals surface area contributed by atoms with Crippen LogP contribution in [-0.4, -0.2) is 33.8 Å². The van der Waals surface area contributed by atoms with Crippen LogP contribution in [0.25, 0.3) is 21.6 Å². The van der Waals surface area contributed by atoms with Crippen LogP contribution in [0.1, 0.15) is 29.7 Å². The van der Waals surface area contributed by atoms with Crippen molar-refractivity contribution in [3.63, 3.8) is 0 Å². The quantitative estimate of drug-likeness (QED) is 0.371. The standard InChI is InChI=1S/C19H19N3O2S2/c1-24-15(23)8-10-25-18-16-13-6-2-3-7-14(13)26-19(16)22-17(21-18)12-5-4-9-20-11-12/h4-5,9,11H,2-3,6-8,10H2,1H3. The van der Waals surface area contributed by atoms with Crippen molar-refractivity contribution < 1.29 is 9.53 Å². The topological polar surface area (TPSA) is 65.0 Å². The van der Waals surface area contributed by atoms with E-state index in [1.54, 1.807) is 35.5 Å². The van der Waals surface area contributed by atoms with Gasteiger partial charge in [-0.1, -0.05) is 0 Å². The van der Waals surface area contributed by atoms with E-state index >= 15 is 0 Å². The van der Waals surface area contributed by atoms with Crippen LogP contribution in [-0.2, 0) is 22.4 Å². The highest BCUT2D eigenvalue weighted by atomic mass is 32.2. The number of aromatic nitrogens is 3. The fraction of sp³-hybridized carbons (Fsp3) is 0.368. The van der Waals surface area contributed by atoms with E-state index in [1.165, 1.54) is 35.8 Å². The molecule has 0 saturated carbocycles. The number of fused-ring (bicyclic) bond motifs is 3. The summed E-state index contributed by atoms with van der Waals surface area (Å²) in [6.45, 7) is 0. The average molecular weight is 386 g/mol. The molecule has 3 aromatic heterocycles. The summed E-state index contributed by atoms with van der Waals surface area (Å²) >= 11 is 3.40. The van der Waals surface area contributed by atoms with Crippen molar-refractivity contribution in [1.29, 1.82) is 0 Å². The van der Waals surface area contributed by atoms with Crippen molar-refractivity contribution in [1.82, 2.24) is 15.0 Å². The van der Waals surface area contributed by atoms with Crippen LogP contribution >= 0.6 is 23.1 Å². The molecule has 0 spiro atoms. The van der Waals surface area contributed by atoms with Crippen LogP contribution in [0, 0.1) is 0 Å². The zero-order valence-corrected chi connectivity index (χ0v) is 16.2. The molecule has 3 heterocycles. The highest BCUT2D eigenvalue weighted by Gasteiger charge is 2.22. The number of nitrogens with zero attached hydrogens (tertiary/aromatic N) is 3. The molecular weight excluding hydrogens is 366 g/mol. The lowest BCUT2D eigenvalue weighted by Crippen LogP contribution is -2.02.